The van der Waals surface area contributed by atoms with Gasteiger partial charge < -0.3 is 5.32 Å². The summed E-state index contributed by atoms with van der Waals surface area (Å²) in [5.41, 5.74) is 2.75. The molecule has 3 aromatic rings. The fourth-order valence-corrected chi connectivity index (χ4v) is 3.77. The lowest BCUT2D eigenvalue weighted by atomic mass is 9.75. The van der Waals surface area contributed by atoms with Crippen molar-refractivity contribution in [2.24, 2.45) is 0 Å². The van der Waals surface area contributed by atoms with Crippen molar-refractivity contribution in [3.8, 4) is 0 Å². The average molecular weight is 342 g/mol. The first kappa shape index (κ1) is 16.6. The molecular formula is C23H22N2O. The molecule has 1 saturated heterocycles. The van der Waals surface area contributed by atoms with Crippen LogP contribution in [0.15, 0.2) is 91.0 Å². The summed E-state index contributed by atoms with van der Waals surface area (Å²) in [5, 5.41) is 6.63. The number of carbonyl (C=O) groups excluding carboxylic acids is 1. The van der Waals surface area contributed by atoms with Crippen molar-refractivity contribution in [1.82, 2.24) is 10.6 Å². The number of rotatable bonds is 5. The van der Waals surface area contributed by atoms with Gasteiger partial charge in [0.2, 0.25) is 5.91 Å². The highest BCUT2D eigenvalue weighted by Crippen LogP contribution is 2.37. The Balaban J connectivity index is 1.95. The summed E-state index contributed by atoms with van der Waals surface area (Å²) in [6.07, 6.45) is 0. The zero-order chi connectivity index (χ0) is 18.0. The molecular weight excluding hydrogens is 320 g/mol. The van der Waals surface area contributed by atoms with E-state index >= 15 is 0 Å². The van der Waals surface area contributed by atoms with Crippen molar-refractivity contribution in [2.75, 3.05) is 0 Å². The third-order valence-electron chi connectivity index (χ3n) is 5.14. The maximum atomic E-state index is 12.2. The van der Waals surface area contributed by atoms with Gasteiger partial charge in [0.1, 0.15) is 6.04 Å². The molecule has 2 atom stereocenters. The summed E-state index contributed by atoms with van der Waals surface area (Å²) in [7, 11) is 0. The molecule has 0 bridgehead atoms. The van der Waals surface area contributed by atoms with E-state index in [4.69, 9.17) is 0 Å². The van der Waals surface area contributed by atoms with E-state index in [2.05, 4.69) is 47.0 Å². The molecule has 3 aromatic carbocycles. The SMILES string of the molecule is CC1NC(=O)[C@H]1NC(c1ccccc1)(c1ccccc1)c1ccccc1. The number of benzene rings is 3. The topological polar surface area (TPSA) is 41.1 Å². The van der Waals surface area contributed by atoms with Crippen molar-refractivity contribution in [3.63, 3.8) is 0 Å². The van der Waals surface area contributed by atoms with E-state index in [9.17, 15) is 4.79 Å². The van der Waals surface area contributed by atoms with E-state index in [0.717, 1.165) is 16.7 Å². The van der Waals surface area contributed by atoms with Crippen LogP contribution in [0.5, 0.6) is 0 Å². The Hall–Kier alpha value is -2.91. The van der Waals surface area contributed by atoms with Crippen LogP contribution in [0.25, 0.3) is 0 Å². The highest BCUT2D eigenvalue weighted by molar-refractivity contribution is 5.89. The maximum absolute atomic E-state index is 12.2. The summed E-state index contributed by atoms with van der Waals surface area (Å²) in [6, 6.07) is 30.9. The molecule has 1 amide bonds. The molecule has 0 radical (unpaired) electrons. The molecule has 3 nitrogen and oxygen atoms in total. The summed E-state index contributed by atoms with van der Waals surface area (Å²) in [5.74, 6) is 0.0460. The van der Waals surface area contributed by atoms with Gasteiger partial charge in [-0.3, -0.25) is 10.1 Å². The van der Waals surface area contributed by atoms with Gasteiger partial charge in [0.25, 0.3) is 0 Å². The monoisotopic (exact) mass is 342 g/mol. The number of hydrogen-bond acceptors (Lipinski definition) is 2. The number of carbonyl (C=O) groups is 1. The predicted molar refractivity (Wildman–Crippen MR) is 104 cm³/mol. The second kappa shape index (κ2) is 6.77. The molecule has 0 spiro atoms. The van der Waals surface area contributed by atoms with Crippen LogP contribution >= 0.6 is 0 Å². The zero-order valence-electron chi connectivity index (χ0n) is 14.7. The lowest BCUT2D eigenvalue weighted by Gasteiger charge is -2.45. The van der Waals surface area contributed by atoms with Crippen LogP contribution in [0.1, 0.15) is 23.6 Å². The lowest BCUT2D eigenvalue weighted by molar-refractivity contribution is -0.131. The summed E-state index contributed by atoms with van der Waals surface area (Å²) in [6.45, 7) is 2.03. The fourth-order valence-electron chi connectivity index (χ4n) is 3.77. The van der Waals surface area contributed by atoms with Crippen LogP contribution in [0.2, 0.25) is 0 Å². The predicted octanol–water partition coefficient (Wildman–Crippen LogP) is 3.46. The molecule has 2 N–H and O–H groups in total. The Labute approximate surface area is 154 Å². The smallest absolute Gasteiger partial charge is 0.239 e. The first-order valence-corrected chi connectivity index (χ1v) is 8.96. The number of β-lactam (4-membered cyclic amide) rings is 1. The van der Waals surface area contributed by atoms with E-state index in [-0.39, 0.29) is 18.0 Å². The van der Waals surface area contributed by atoms with Crippen LogP contribution in [0, 0.1) is 0 Å². The third kappa shape index (κ3) is 2.71. The van der Waals surface area contributed by atoms with Gasteiger partial charge in [0.15, 0.2) is 0 Å². The summed E-state index contributed by atoms with van der Waals surface area (Å²) in [4.78, 5) is 12.2. The second-order valence-corrected chi connectivity index (χ2v) is 6.77. The Bertz CT molecular complexity index is 781. The first-order valence-electron chi connectivity index (χ1n) is 8.96. The molecule has 3 heteroatoms. The minimum absolute atomic E-state index is 0.0460. The van der Waals surface area contributed by atoms with Crippen LogP contribution in [0.3, 0.4) is 0 Å². The van der Waals surface area contributed by atoms with Crippen LogP contribution in [0.4, 0.5) is 0 Å². The van der Waals surface area contributed by atoms with E-state index in [1.807, 2.05) is 61.5 Å². The zero-order valence-corrected chi connectivity index (χ0v) is 14.7. The Morgan fingerprint density at radius 1 is 0.731 bits per heavy atom. The summed E-state index contributed by atoms with van der Waals surface area (Å²) < 4.78 is 0. The molecule has 130 valence electrons. The number of nitrogens with one attached hydrogen (secondary N) is 2. The fraction of sp³-hybridized carbons (Fsp3) is 0.174. The van der Waals surface area contributed by atoms with Gasteiger partial charge in [-0.15, -0.1) is 0 Å². The standard InChI is InChI=1S/C23H22N2O/c1-17-21(22(26)24-17)25-23(18-11-5-2-6-12-18,19-13-7-3-8-14-19)20-15-9-4-10-16-20/h2-17,21,25H,1H3,(H,24,26)/t17?,21-/m0/s1. The van der Waals surface area contributed by atoms with Crippen LogP contribution in [-0.4, -0.2) is 18.0 Å². The van der Waals surface area contributed by atoms with Crippen LogP contribution in [-0.2, 0) is 10.3 Å². The molecule has 4 rings (SSSR count). The van der Waals surface area contributed by atoms with Gasteiger partial charge in [-0.25, -0.2) is 0 Å². The van der Waals surface area contributed by atoms with Crippen molar-refractivity contribution in [2.45, 2.75) is 24.5 Å². The van der Waals surface area contributed by atoms with Gasteiger partial charge in [0.05, 0.1) is 11.6 Å². The van der Waals surface area contributed by atoms with Crippen LogP contribution < -0.4 is 10.6 Å². The molecule has 1 fully saturated rings. The average Bonchev–Trinajstić information content (AvgIpc) is 2.71. The molecule has 0 saturated carbocycles. The number of hydrogen-bond donors (Lipinski definition) is 2. The molecule has 1 aliphatic heterocycles. The van der Waals surface area contributed by atoms with Gasteiger partial charge in [-0.2, -0.15) is 0 Å². The highest BCUT2D eigenvalue weighted by atomic mass is 16.2. The Kier molecular flexibility index (Phi) is 4.31. The van der Waals surface area contributed by atoms with Crippen molar-refractivity contribution < 1.29 is 4.79 Å². The van der Waals surface area contributed by atoms with Gasteiger partial charge in [-0.05, 0) is 23.6 Å². The van der Waals surface area contributed by atoms with Gasteiger partial charge in [0, 0.05) is 0 Å². The Morgan fingerprint density at radius 3 is 1.42 bits per heavy atom. The molecule has 1 aliphatic rings. The van der Waals surface area contributed by atoms with E-state index in [1.54, 1.807) is 0 Å². The highest BCUT2D eigenvalue weighted by Gasteiger charge is 2.45. The largest absolute Gasteiger partial charge is 0.350 e. The molecule has 0 aliphatic carbocycles. The maximum Gasteiger partial charge on any atom is 0.239 e. The number of amides is 1. The minimum Gasteiger partial charge on any atom is -0.350 e. The van der Waals surface area contributed by atoms with Gasteiger partial charge >= 0.3 is 0 Å². The van der Waals surface area contributed by atoms with E-state index < -0.39 is 5.54 Å². The van der Waals surface area contributed by atoms with E-state index in [0.29, 0.717) is 0 Å². The second-order valence-electron chi connectivity index (χ2n) is 6.77. The third-order valence-corrected chi connectivity index (χ3v) is 5.14. The minimum atomic E-state index is -0.597. The normalized spacial score (nSPS) is 19.5. The van der Waals surface area contributed by atoms with Crippen molar-refractivity contribution >= 4 is 5.91 Å². The molecule has 0 aromatic heterocycles. The Morgan fingerprint density at radius 2 is 1.12 bits per heavy atom. The van der Waals surface area contributed by atoms with Crippen molar-refractivity contribution in [3.05, 3.63) is 108 Å². The quantitative estimate of drug-likeness (QED) is 0.551. The van der Waals surface area contributed by atoms with Crippen molar-refractivity contribution in [1.29, 1.82) is 0 Å². The molecule has 26 heavy (non-hydrogen) atoms. The van der Waals surface area contributed by atoms with Gasteiger partial charge in [-0.1, -0.05) is 91.0 Å². The lowest BCUT2D eigenvalue weighted by Crippen LogP contribution is -2.70. The summed E-state index contributed by atoms with van der Waals surface area (Å²) >= 11 is 0. The first-order chi connectivity index (χ1) is 12.7. The molecule has 1 unspecified atom stereocenters. The van der Waals surface area contributed by atoms with E-state index in [1.165, 1.54) is 0 Å². The molecule has 1 heterocycles.